The highest BCUT2D eigenvalue weighted by Crippen LogP contribution is 2.29. The maximum atomic E-state index is 11.6. The lowest BCUT2D eigenvalue weighted by molar-refractivity contribution is 0.236. The van der Waals surface area contributed by atoms with E-state index in [1.807, 2.05) is 6.07 Å². The van der Waals surface area contributed by atoms with E-state index in [0.29, 0.717) is 11.4 Å². The molecule has 0 spiro atoms. The minimum atomic E-state index is -3.87. The molecule has 0 radical (unpaired) electrons. The summed E-state index contributed by atoms with van der Waals surface area (Å²) in [5.74, 6) is 0.952. The number of aromatic nitrogens is 2. The Labute approximate surface area is 116 Å². The van der Waals surface area contributed by atoms with Gasteiger partial charge in [0.05, 0.1) is 0 Å². The van der Waals surface area contributed by atoms with Gasteiger partial charge in [-0.05, 0) is 38.0 Å². The summed E-state index contributed by atoms with van der Waals surface area (Å²) in [5.41, 5.74) is 1.46. The average molecular weight is 297 g/mol. The Hall–Kier alpha value is -1.93. The standard InChI is InChI=1S/C12H15N3O4S/c1-7-4-8(2)12(10(5-7)20(13,16)17)18-6-11-14-9(3)15-19-11/h4-5H,6H2,1-3H3,(H2,13,16,17). The van der Waals surface area contributed by atoms with E-state index in [4.69, 9.17) is 14.4 Å². The normalized spacial score (nSPS) is 11.6. The van der Waals surface area contributed by atoms with Crippen molar-refractivity contribution in [3.05, 3.63) is 35.0 Å². The molecule has 0 aliphatic rings. The first-order valence-corrected chi connectivity index (χ1v) is 7.38. The lowest BCUT2D eigenvalue weighted by Gasteiger charge is -2.12. The molecule has 7 nitrogen and oxygen atoms in total. The lowest BCUT2D eigenvalue weighted by Crippen LogP contribution is -2.15. The first-order valence-electron chi connectivity index (χ1n) is 5.83. The van der Waals surface area contributed by atoms with Crippen molar-refractivity contribution in [1.82, 2.24) is 10.1 Å². The van der Waals surface area contributed by atoms with Crippen molar-refractivity contribution in [2.45, 2.75) is 32.3 Å². The molecule has 2 N–H and O–H groups in total. The third-order valence-electron chi connectivity index (χ3n) is 2.60. The fourth-order valence-electron chi connectivity index (χ4n) is 1.84. The molecule has 1 aromatic carbocycles. The third-order valence-corrected chi connectivity index (χ3v) is 3.52. The van der Waals surface area contributed by atoms with Crippen LogP contribution in [0.3, 0.4) is 0 Å². The summed E-state index contributed by atoms with van der Waals surface area (Å²) in [6, 6.07) is 3.28. The smallest absolute Gasteiger partial charge is 0.264 e. The van der Waals surface area contributed by atoms with E-state index in [-0.39, 0.29) is 23.1 Å². The third kappa shape index (κ3) is 3.14. The first kappa shape index (κ1) is 14.5. The highest BCUT2D eigenvalue weighted by molar-refractivity contribution is 7.89. The number of nitrogens with zero attached hydrogens (tertiary/aromatic N) is 2. The number of primary sulfonamides is 1. The molecule has 0 saturated carbocycles. The van der Waals surface area contributed by atoms with Crippen molar-refractivity contribution in [3.63, 3.8) is 0 Å². The van der Waals surface area contributed by atoms with E-state index < -0.39 is 10.0 Å². The number of benzene rings is 1. The van der Waals surface area contributed by atoms with Gasteiger partial charge in [0.25, 0.3) is 5.89 Å². The van der Waals surface area contributed by atoms with Gasteiger partial charge >= 0.3 is 0 Å². The summed E-state index contributed by atoms with van der Waals surface area (Å²) in [6.45, 7) is 5.19. The molecule has 0 saturated heterocycles. The molecule has 0 aliphatic carbocycles. The number of hydrogen-bond acceptors (Lipinski definition) is 6. The molecule has 1 heterocycles. The van der Waals surface area contributed by atoms with Gasteiger partial charge in [0, 0.05) is 0 Å². The van der Waals surface area contributed by atoms with Crippen LogP contribution in [0.25, 0.3) is 0 Å². The van der Waals surface area contributed by atoms with Gasteiger partial charge in [-0.3, -0.25) is 0 Å². The van der Waals surface area contributed by atoms with Crippen LogP contribution in [0.5, 0.6) is 5.75 Å². The topological polar surface area (TPSA) is 108 Å². The monoisotopic (exact) mass is 297 g/mol. The van der Waals surface area contributed by atoms with Gasteiger partial charge < -0.3 is 9.26 Å². The minimum Gasteiger partial charge on any atom is -0.482 e. The van der Waals surface area contributed by atoms with Crippen LogP contribution in [0.1, 0.15) is 22.8 Å². The molecule has 2 rings (SSSR count). The molecule has 0 bridgehead atoms. The van der Waals surface area contributed by atoms with Crippen molar-refractivity contribution in [3.8, 4) is 5.75 Å². The maximum Gasteiger partial charge on any atom is 0.264 e. The Balaban J connectivity index is 2.35. The summed E-state index contributed by atoms with van der Waals surface area (Å²) >= 11 is 0. The van der Waals surface area contributed by atoms with Gasteiger partial charge in [0.15, 0.2) is 12.4 Å². The zero-order valence-electron chi connectivity index (χ0n) is 11.4. The second kappa shape index (κ2) is 5.22. The summed E-state index contributed by atoms with van der Waals surface area (Å²) < 4.78 is 33.6. The molecule has 0 amide bonds. The Morgan fingerprint density at radius 1 is 1.30 bits per heavy atom. The SMILES string of the molecule is Cc1cc(C)c(OCc2nc(C)no2)c(S(N)(=O)=O)c1. The van der Waals surface area contributed by atoms with Crippen molar-refractivity contribution >= 4 is 10.0 Å². The summed E-state index contributed by atoms with van der Waals surface area (Å²) in [5, 5.41) is 8.84. The Morgan fingerprint density at radius 2 is 2.00 bits per heavy atom. The van der Waals surface area contributed by atoms with E-state index in [0.717, 1.165) is 5.56 Å². The Bertz CT molecular complexity index is 737. The highest BCUT2D eigenvalue weighted by Gasteiger charge is 2.19. The van der Waals surface area contributed by atoms with Crippen LogP contribution in [-0.2, 0) is 16.6 Å². The molecular formula is C12H15N3O4S. The quantitative estimate of drug-likeness (QED) is 0.909. The largest absolute Gasteiger partial charge is 0.482 e. The molecule has 2 aromatic rings. The molecule has 20 heavy (non-hydrogen) atoms. The Kier molecular flexibility index (Phi) is 3.78. The van der Waals surface area contributed by atoms with Crippen molar-refractivity contribution < 1.29 is 17.7 Å². The number of sulfonamides is 1. The number of rotatable bonds is 4. The minimum absolute atomic E-state index is 0.0206. The fraction of sp³-hybridized carbons (Fsp3) is 0.333. The molecule has 8 heteroatoms. The van der Waals surface area contributed by atoms with Gasteiger partial charge in [0.2, 0.25) is 10.0 Å². The lowest BCUT2D eigenvalue weighted by atomic mass is 10.1. The maximum absolute atomic E-state index is 11.6. The van der Waals surface area contributed by atoms with E-state index in [2.05, 4.69) is 10.1 Å². The fourth-order valence-corrected chi connectivity index (χ4v) is 2.67. The summed E-state index contributed by atoms with van der Waals surface area (Å²) in [4.78, 5) is 3.93. The molecule has 0 unspecified atom stereocenters. The van der Waals surface area contributed by atoms with Gasteiger partial charge in [-0.15, -0.1) is 0 Å². The van der Waals surface area contributed by atoms with Crippen LogP contribution in [-0.4, -0.2) is 18.6 Å². The molecule has 0 fully saturated rings. The zero-order valence-corrected chi connectivity index (χ0v) is 12.2. The van der Waals surface area contributed by atoms with E-state index >= 15 is 0 Å². The number of ether oxygens (including phenoxy) is 1. The molecule has 0 aliphatic heterocycles. The number of nitrogens with two attached hydrogens (primary N) is 1. The van der Waals surface area contributed by atoms with Gasteiger partial charge in [-0.25, -0.2) is 13.6 Å². The van der Waals surface area contributed by atoms with Gasteiger partial charge in [-0.1, -0.05) is 11.2 Å². The van der Waals surface area contributed by atoms with E-state index in [1.54, 1.807) is 20.8 Å². The second-order valence-corrected chi connectivity index (χ2v) is 6.01. The molecular weight excluding hydrogens is 282 g/mol. The van der Waals surface area contributed by atoms with Crippen LogP contribution in [0.2, 0.25) is 0 Å². The van der Waals surface area contributed by atoms with Crippen LogP contribution >= 0.6 is 0 Å². The molecule has 1 aromatic heterocycles. The molecule has 108 valence electrons. The predicted molar refractivity (Wildman–Crippen MR) is 70.7 cm³/mol. The molecule has 0 atom stereocenters. The van der Waals surface area contributed by atoms with E-state index in [9.17, 15) is 8.42 Å². The average Bonchev–Trinajstić information content (AvgIpc) is 2.72. The van der Waals surface area contributed by atoms with Crippen molar-refractivity contribution in [1.29, 1.82) is 0 Å². The van der Waals surface area contributed by atoms with Gasteiger partial charge in [0.1, 0.15) is 10.6 Å². The summed E-state index contributed by atoms with van der Waals surface area (Å²) in [6.07, 6.45) is 0. The first-order chi connectivity index (χ1) is 9.27. The highest BCUT2D eigenvalue weighted by atomic mass is 32.2. The second-order valence-electron chi connectivity index (χ2n) is 4.48. The van der Waals surface area contributed by atoms with Crippen LogP contribution < -0.4 is 9.88 Å². The van der Waals surface area contributed by atoms with Crippen molar-refractivity contribution in [2.75, 3.05) is 0 Å². The zero-order chi connectivity index (χ0) is 14.9. The number of aryl methyl sites for hydroxylation is 3. The van der Waals surface area contributed by atoms with Crippen LogP contribution in [0.15, 0.2) is 21.6 Å². The van der Waals surface area contributed by atoms with Crippen LogP contribution in [0, 0.1) is 20.8 Å². The Morgan fingerprint density at radius 3 is 2.55 bits per heavy atom. The van der Waals surface area contributed by atoms with Gasteiger partial charge in [-0.2, -0.15) is 4.98 Å². The van der Waals surface area contributed by atoms with Crippen LogP contribution in [0.4, 0.5) is 0 Å². The summed E-state index contributed by atoms with van der Waals surface area (Å²) in [7, 11) is -3.87. The van der Waals surface area contributed by atoms with E-state index in [1.165, 1.54) is 6.07 Å². The van der Waals surface area contributed by atoms with Crippen molar-refractivity contribution in [2.24, 2.45) is 5.14 Å². The number of hydrogen-bond donors (Lipinski definition) is 1. The predicted octanol–water partition coefficient (Wildman–Crippen LogP) is 1.22.